The van der Waals surface area contributed by atoms with Crippen molar-refractivity contribution in [1.82, 2.24) is 4.90 Å². The Morgan fingerprint density at radius 2 is 2.11 bits per heavy atom. The van der Waals surface area contributed by atoms with Crippen LogP contribution in [0.5, 0.6) is 5.75 Å². The summed E-state index contributed by atoms with van der Waals surface area (Å²) in [5, 5.41) is 0. The fourth-order valence-corrected chi connectivity index (χ4v) is 1.91. The van der Waals surface area contributed by atoms with Gasteiger partial charge >= 0.3 is 12.1 Å². The van der Waals surface area contributed by atoms with Crippen LogP contribution < -0.4 is 4.74 Å². The molecule has 1 amide bonds. The summed E-state index contributed by atoms with van der Waals surface area (Å²) in [6.45, 7) is -0.00495. The number of ether oxygens (including phenoxy) is 1. The minimum atomic E-state index is -4.85. The second kappa shape index (κ2) is 4.95. The Morgan fingerprint density at radius 1 is 1.37 bits per heavy atom. The van der Waals surface area contributed by atoms with Crippen LogP contribution in [0.3, 0.4) is 0 Å². The zero-order valence-electron chi connectivity index (χ0n) is 10.2. The van der Waals surface area contributed by atoms with Crippen LogP contribution in [0.25, 0.3) is 6.08 Å². The topological polar surface area (TPSA) is 29.5 Å². The second-order valence-corrected chi connectivity index (χ2v) is 4.13. The first kappa shape index (κ1) is 13.5. The van der Waals surface area contributed by atoms with Gasteiger partial charge in [-0.3, -0.25) is 4.79 Å². The SMILES string of the molecule is COc1ccc2c(c1)CCN(C(=O)C(F)(F)F)C=C2. The first-order valence-corrected chi connectivity index (χ1v) is 5.65. The van der Waals surface area contributed by atoms with Gasteiger partial charge < -0.3 is 9.64 Å². The van der Waals surface area contributed by atoms with Gasteiger partial charge in [0.2, 0.25) is 0 Å². The molecule has 0 atom stereocenters. The van der Waals surface area contributed by atoms with Crippen molar-refractivity contribution in [1.29, 1.82) is 0 Å². The van der Waals surface area contributed by atoms with Crippen LogP contribution >= 0.6 is 0 Å². The van der Waals surface area contributed by atoms with Gasteiger partial charge in [-0.05, 0) is 35.8 Å². The fourth-order valence-electron chi connectivity index (χ4n) is 1.91. The van der Waals surface area contributed by atoms with Crippen molar-refractivity contribution >= 4 is 12.0 Å². The number of carbonyl (C=O) groups is 1. The number of nitrogens with zero attached hydrogens (tertiary/aromatic N) is 1. The summed E-state index contributed by atoms with van der Waals surface area (Å²) in [5.74, 6) is -1.20. The Kier molecular flexibility index (Phi) is 3.50. The monoisotopic (exact) mass is 271 g/mol. The third kappa shape index (κ3) is 2.89. The average Bonchev–Trinajstić information content (AvgIpc) is 2.58. The van der Waals surface area contributed by atoms with Gasteiger partial charge in [0.1, 0.15) is 5.75 Å². The highest BCUT2D eigenvalue weighted by Crippen LogP contribution is 2.25. The standard InChI is InChI=1S/C13H12F3NO2/c1-19-11-3-2-9-4-6-17(7-5-10(9)8-11)12(18)13(14,15)16/h2-4,6,8H,5,7H2,1H3. The van der Waals surface area contributed by atoms with Crippen LogP contribution in [0.1, 0.15) is 11.1 Å². The average molecular weight is 271 g/mol. The van der Waals surface area contributed by atoms with Gasteiger partial charge in [-0.2, -0.15) is 13.2 Å². The summed E-state index contributed by atoms with van der Waals surface area (Å²) in [5.41, 5.74) is 1.64. The second-order valence-electron chi connectivity index (χ2n) is 4.13. The van der Waals surface area contributed by atoms with Crippen molar-refractivity contribution in [2.45, 2.75) is 12.6 Å². The molecule has 6 heteroatoms. The van der Waals surface area contributed by atoms with E-state index in [1.807, 2.05) is 0 Å². The van der Waals surface area contributed by atoms with E-state index < -0.39 is 12.1 Å². The van der Waals surface area contributed by atoms with Crippen molar-refractivity contribution in [3.05, 3.63) is 35.5 Å². The molecule has 0 aliphatic carbocycles. The molecule has 0 radical (unpaired) electrons. The molecular formula is C13H12F3NO2. The van der Waals surface area contributed by atoms with Gasteiger partial charge in [0.25, 0.3) is 0 Å². The number of benzene rings is 1. The number of hydrogen-bond acceptors (Lipinski definition) is 2. The molecule has 3 nitrogen and oxygen atoms in total. The molecule has 1 aromatic carbocycles. The summed E-state index contributed by atoms with van der Waals surface area (Å²) < 4.78 is 42.2. The maximum Gasteiger partial charge on any atom is 0.471 e. The molecule has 0 saturated heterocycles. The lowest BCUT2D eigenvalue weighted by molar-refractivity contribution is -0.182. The molecule has 19 heavy (non-hydrogen) atoms. The van der Waals surface area contributed by atoms with E-state index in [0.29, 0.717) is 17.1 Å². The number of amides is 1. The van der Waals surface area contributed by atoms with Crippen molar-refractivity contribution in [3.63, 3.8) is 0 Å². The molecule has 1 aliphatic rings. The van der Waals surface area contributed by atoms with Crippen molar-refractivity contribution in [2.75, 3.05) is 13.7 Å². The third-order valence-corrected chi connectivity index (χ3v) is 2.91. The van der Waals surface area contributed by atoms with Gasteiger partial charge in [-0.1, -0.05) is 6.07 Å². The minimum absolute atomic E-state index is 0.00495. The Morgan fingerprint density at radius 3 is 2.74 bits per heavy atom. The molecular weight excluding hydrogens is 259 g/mol. The van der Waals surface area contributed by atoms with Crippen LogP contribution in [-0.4, -0.2) is 30.6 Å². The Labute approximate surface area is 108 Å². The molecule has 0 saturated carbocycles. The van der Waals surface area contributed by atoms with E-state index >= 15 is 0 Å². The first-order valence-electron chi connectivity index (χ1n) is 5.65. The fraction of sp³-hybridized carbons (Fsp3) is 0.308. The zero-order chi connectivity index (χ0) is 14.0. The number of halogens is 3. The predicted octanol–water partition coefficient (Wildman–Crippen LogP) is 2.61. The van der Waals surface area contributed by atoms with Crippen molar-refractivity contribution in [3.8, 4) is 5.75 Å². The number of hydrogen-bond donors (Lipinski definition) is 0. The highest BCUT2D eigenvalue weighted by molar-refractivity contribution is 5.83. The van der Waals surface area contributed by atoms with Crippen molar-refractivity contribution < 1.29 is 22.7 Å². The maximum absolute atomic E-state index is 12.4. The number of methoxy groups -OCH3 is 1. The van der Waals surface area contributed by atoms with E-state index in [2.05, 4.69) is 0 Å². The summed E-state index contributed by atoms with van der Waals surface area (Å²) >= 11 is 0. The third-order valence-electron chi connectivity index (χ3n) is 2.91. The molecule has 102 valence electrons. The van der Waals surface area contributed by atoms with Gasteiger partial charge in [0.05, 0.1) is 7.11 Å². The molecule has 1 aromatic rings. The lowest BCUT2D eigenvalue weighted by atomic mass is 10.0. The normalized spacial score (nSPS) is 14.8. The number of fused-ring (bicyclic) bond motifs is 1. The Bertz CT molecular complexity index is 523. The lowest BCUT2D eigenvalue weighted by Gasteiger charge is -2.18. The minimum Gasteiger partial charge on any atom is -0.497 e. The largest absolute Gasteiger partial charge is 0.497 e. The van der Waals surface area contributed by atoms with E-state index in [-0.39, 0.29) is 6.54 Å². The van der Waals surface area contributed by atoms with Crippen LogP contribution in [0.2, 0.25) is 0 Å². The van der Waals surface area contributed by atoms with Crippen LogP contribution in [0.4, 0.5) is 13.2 Å². The Balaban J connectivity index is 2.23. The quantitative estimate of drug-likeness (QED) is 0.785. The molecule has 1 aliphatic heterocycles. The van der Waals surface area contributed by atoms with E-state index in [0.717, 1.165) is 11.1 Å². The highest BCUT2D eigenvalue weighted by atomic mass is 19.4. The zero-order valence-corrected chi connectivity index (χ0v) is 10.2. The molecule has 0 fully saturated rings. The molecule has 2 rings (SSSR count). The van der Waals surface area contributed by atoms with Gasteiger partial charge in [-0.25, -0.2) is 0 Å². The number of alkyl halides is 3. The van der Waals surface area contributed by atoms with E-state index in [1.54, 1.807) is 18.2 Å². The maximum atomic E-state index is 12.4. The number of carbonyl (C=O) groups excluding carboxylic acids is 1. The lowest BCUT2D eigenvalue weighted by Crippen LogP contribution is -2.38. The van der Waals surface area contributed by atoms with Crippen LogP contribution in [0, 0.1) is 0 Å². The van der Waals surface area contributed by atoms with Gasteiger partial charge in [-0.15, -0.1) is 0 Å². The molecule has 0 spiro atoms. The summed E-state index contributed by atoms with van der Waals surface area (Å²) in [7, 11) is 1.52. The molecule has 0 aromatic heterocycles. The smallest absolute Gasteiger partial charge is 0.471 e. The first-order chi connectivity index (χ1) is 8.91. The van der Waals surface area contributed by atoms with E-state index in [1.165, 1.54) is 19.4 Å². The Hall–Kier alpha value is -1.98. The van der Waals surface area contributed by atoms with E-state index in [4.69, 9.17) is 4.74 Å². The molecule has 1 heterocycles. The summed E-state index contributed by atoms with van der Waals surface area (Å²) in [4.78, 5) is 11.9. The summed E-state index contributed by atoms with van der Waals surface area (Å²) in [6, 6.07) is 5.25. The van der Waals surface area contributed by atoms with Crippen molar-refractivity contribution in [2.24, 2.45) is 0 Å². The van der Waals surface area contributed by atoms with Gasteiger partial charge in [0.15, 0.2) is 0 Å². The highest BCUT2D eigenvalue weighted by Gasteiger charge is 2.42. The van der Waals surface area contributed by atoms with Gasteiger partial charge in [0, 0.05) is 12.7 Å². The molecule has 0 unspecified atom stereocenters. The van der Waals surface area contributed by atoms with Crippen LogP contribution in [0.15, 0.2) is 24.4 Å². The van der Waals surface area contributed by atoms with E-state index in [9.17, 15) is 18.0 Å². The predicted molar refractivity (Wildman–Crippen MR) is 63.5 cm³/mol. The summed E-state index contributed by atoms with van der Waals surface area (Å²) in [6.07, 6.45) is -1.82. The number of rotatable bonds is 1. The molecule has 0 N–H and O–H groups in total. The van der Waals surface area contributed by atoms with Crippen LogP contribution in [-0.2, 0) is 11.2 Å². The molecule has 0 bridgehead atoms.